The quantitative estimate of drug-likeness (QED) is 0.451. The molecule has 0 aliphatic rings. The van der Waals surface area contributed by atoms with Gasteiger partial charge >= 0.3 is 5.69 Å². The van der Waals surface area contributed by atoms with Crippen molar-refractivity contribution in [2.24, 2.45) is 0 Å². The number of ether oxygens (including phenoxy) is 2. The maximum Gasteiger partial charge on any atom is 0.334 e. The number of rotatable bonds is 6. The third kappa shape index (κ3) is 4.44. The summed E-state index contributed by atoms with van der Waals surface area (Å²) in [5, 5.41) is 3.58. The number of fused-ring (bicyclic) bond motifs is 1. The lowest BCUT2D eigenvalue weighted by Gasteiger charge is -2.10. The second-order valence-corrected chi connectivity index (χ2v) is 7.46. The van der Waals surface area contributed by atoms with Crippen molar-refractivity contribution in [3.63, 3.8) is 0 Å². The molecule has 33 heavy (non-hydrogen) atoms. The van der Waals surface area contributed by atoms with Crippen molar-refractivity contribution in [2.45, 2.75) is 6.54 Å². The Kier molecular flexibility index (Phi) is 6.14. The summed E-state index contributed by atoms with van der Waals surface area (Å²) in [5.41, 5.74) is 0.0807. The van der Waals surface area contributed by atoms with E-state index >= 15 is 0 Å². The normalized spacial score (nSPS) is 10.8. The van der Waals surface area contributed by atoms with Crippen LogP contribution in [0.1, 0.15) is 15.9 Å². The van der Waals surface area contributed by atoms with Crippen LogP contribution in [-0.4, -0.2) is 34.7 Å². The minimum absolute atomic E-state index is 0.0733. The van der Waals surface area contributed by atoms with E-state index < -0.39 is 11.2 Å². The van der Waals surface area contributed by atoms with Crippen molar-refractivity contribution >= 4 is 28.4 Å². The largest absolute Gasteiger partial charge is 0.491 e. The van der Waals surface area contributed by atoms with Gasteiger partial charge < -0.3 is 19.8 Å². The molecule has 0 aliphatic heterocycles. The first-order valence-electron chi connectivity index (χ1n) is 9.82. The predicted octanol–water partition coefficient (Wildman–Crippen LogP) is 2.67. The number of aromatic amines is 1. The predicted molar refractivity (Wildman–Crippen MR) is 124 cm³/mol. The van der Waals surface area contributed by atoms with Crippen molar-refractivity contribution in [2.75, 3.05) is 14.2 Å². The molecule has 0 unspecified atom stereocenters. The molecule has 10 heteroatoms. The molecule has 2 N–H and O–H groups in total. The maximum atomic E-state index is 13.0. The van der Waals surface area contributed by atoms with Gasteiger partial charge in [0.05, 0.1) is 25.1 Å². The Morgan fingerprint density at radius 3 is 2.64 bits per heavy atom. The lowest BCUT2D eigenvalue weighted by molar-refractivity contribution is 0.0951. The van der Waals surface area contributed by atoms with Crippen LogP contribution in [0.15, 0.2) is 64.2 Å². The topological polar surface area (TPSA) is 115 Å². The molecule has 0 saturated carbocycles. The molecule has 0 atom stereocenters. The van der Waals surface area contributed by atoms with Crippen LogP contribution in [0, 0.1) is 0 Å². The Morgan fingerprint density at radius 2 is 1.91 bits per heavy atom. The number of carbonyl (C=O) groups excluding carboxylic acids is 1. The number of hydrogen-bond acceptors (Lipinski definition) is 6. The fourth-order valence-electron chi connectivity index (χ4n) is 3.34. The molecule has 0 spiro atoms. The first-order chi connectivity index (χ1) is 15.9. The molecule has 0 radical (unpaired) electrons. The molecule has 2 heterocycles. The van der Waals surface area contributed by atoms with Gasteiger partial charge in [0.1, 0.15) is 5.82 Å². The van der Waals surface area contributed by atoms with Crippen molar-refractivity contribution < 1.29 is 14.3 Å². The summed E-state index contributed by atoms with van der Waals surface area (Å²) in [7, 11) is 2.86. The zero-order valence-corrected chi connectivity index (χ0v) is 18.5. The summed E-state index contributed by atoms with van der Waals surface area (Å²) in [4.78, 5) is 45.2. The first-order valence-corrected chi connectivity index (χ1v) is 10.2. The molecule has 4 rings (SSSR count). The van der Waals surface area contributed by atoms with Gasteiger partial charge in [0.2, 0.25) is 0 Å². The molecule has 0 saturated heterocycles. The lowest BCUT2D eigenvalue weighted by Crippen LogP contribution is -2.34. The van der Waals surface area contributed by atoms with Crippen molar-refractivity contribution in [3.8, 4) is 17.4 Å². The second-order valence-electron chi connectivity index (χ2n) is 7.02. The number of aromatic nitrogens is 3. The van der Waals surface area contributed by atoms with Crippen LogP contribution in [-0.2, 0) is 6.54 Å². The third-order valence-electron chi connectivity index (χ3n) is 4.96. The summed E-state index contributed by atoms with van der Waals surface area (Å²) in [6.07, 6.45) is 0. The molecule has 0 bridgehead atoms. The van der Waals surface area contributed by atoms with E-state index in [1.54, 1.807) is 24.3 Å². The number of pyridine rings is 1. The summed E-state index contributed by atoms with van der Waals surface area (Å²) in [6.45, 7) is 0.278. The van der Waals surface area contributed by atoms with Gasteiger partial charge in [-0.15, -0.1) is 0 Å². The molecular weight excluding hydrogens is 448 g/mol. The first kappa shape index (κ1) is 22.1. The van der Waals surface area contributed by atoms with Gasteiger partial charge in [-0.1, -0.05) is 23.7 Å². The number of halogens is 1. The minimum atomic E-state index is -0.705. The van der Waals surface area contributed by atoms with Crippen LogP contribution in [0.2, 0.25) is 5.02 Å². The van der Waals surface area contributed by atoms with Crippen molar-refractivity contribution in [1.82, 2.24) is 19.9 Å². The van der Waals surface area contributed by atoms with Crippen LogP contribution in [0.3, 0.4) is 0 Å². The highest BCUT2D eigenvalue weighted by Crippen LogP contribution is 2.24. The average molecular weight is 467 g/mol. The van der Waals surface area contributed by atoms with Crippen LogP contribution in [0.25, 0.3) is 16.7 Å². The van der Waals surface area contributed by atoms with Crippen LogP contribution in [0.5, 0.6) is 11.6 Å². The molecule has 9 nitrogen and oxygen atoms in total. The van der Waals surface area contributed by atoms with E-state index in [-0.39, 0.29) is 35.1 Å². The van der Waals surface area contributed by atoms with Gasteiger partial charge in [-0.05, 0) is 48.0 Å². The van der Waals surface area contributed by atoms with Crippen LogP contribution in [0.4, 0.5) is 0 Å². The van der Waals surface area contributed by atoms with E-state index in [2.05, 4.69) is 15.3 Å². The molecule has 0 fully saturated rings. The van der Waals surface area contributed by atoms with Gasteiger partial charge in [0, 0.05) is 17.1 Å². The van der Waals surface area contributed by atoms with Crippen molar-refractivity contribution in [3.05, 3.63) is 91.6 Å². The lowest BCUT2D eigenvalue weighted by atomic mass is 10.1. The SMILES string of the molecule is COc1ccc(-n2c(=O)[nH]c3cc(C(=O)NCc4cccc(Cl)c4)ccc3c2=O)nc1OC. The molecule has 2 aromatic heterocycles. The highest BCUT2D eigenvalue weighted by Gasteiger charge is 2.15. The van der Waals surface area contributed by atoms with Crippen LogP contribution >= 0.6 is 11.6 Å². The Labute approximate surface area is 192 Å². The number of methoxy groups -OCH3 is 2. The molecular formula is C23H19ClN4O5. The average Bonchev–Trinajstić information content (AvgIpc) is 2.82. The van der Waals surface area contributed by atoms with Crippen molar-refractivity contribution in [1.29, 1.82) is 0 Å². The third-order valence-corrected chi connectivity index (χ3v) is 5.19. The van der Waals surface area contributed by atoms with Gasteiger partial charge in [-0.3, -0.25) is 9.59 Å². The molecule has 2 aromatic carbocycles. The summed E-state index contributed by atoms with van der Waals surface area (Å²) in [5.74, 6) is 0.209. The van der Waals surface area contributed by atoms with Gasteiger partial charge in [0.25, 0.3) is 17.3 Å². The fraction of sp³-hybridized carbons (Fsp3) is 0.130. The van der Waals surface area contributed by atoms with Gasteiger partial charge in [-0.25, -0.2) is 9.36 Å². The Balaban J connectivity index is 1.67. The standard InChI is InChI=1S/C23H19ClN4O5/c1-32-18-8-9-19(27-21(18)33-2)28-22(30)16-7-6-14(11-17(16)26-23(28)31)20(29)25-12-13-4-3-5-15(24)10-13/h3-11H,12H2,1-2H3,(H,25,29)(H,26,31). The van der Waals surface area contributed by atoms with E-state index in [1.807, 2.05) is 6.07 Å². The van der Waals surface area contributed by atoms with E-state index in [4.69, 9.17) is 21.1 Å². The van der Waals surface area contributed by atoms with Crippen LogP contribution < -0.4 is 26.0 Å². The summed E-state index contributed by atoms with van der Waals surface area (Å²) in [6, 6.07) is 14.6. The van der Waals surface area contributed by atoms with E-state index in [0.29, 0.717) is 16.3 Å². The zero-order valence-electron chi connectivity index (χ0n) is 17.7. The summed E-state index contributed by atoms with van der Waals surface area (Å²) >= 11 is 5.97. The Bertz CT molecular complexity index is 1480. The highest BCUT2D eigenvalue weighted by molar-refractivity contribution is 6.30. The number of nitrogens with zero attached hydrogens (tertiary/aromatic N) is 2. The minimum Gasteiger partial charge on any atom is -0.491 e. The van der Waals surface area contributed by atoms with E-state index in [1.165, 1.54) is 38.5 Å². The number of amides is 1. The number of H-pyrrole nitrogens is 1. The maximum absolute atomic E-state index is 13.0. The highest BCUT2D eigenvalue weighted by atomic mass is 35.5. The molecule has 4 aromatic rings. The molecule has 168 valence electrons. The number of carbonyl (C=O) groups is 1. The van der Waals surface area contributed by atoms with Gasteiger partial charge in [-0.2, -0.15) is 4.98 Å². The number of nitrogens with one attached hydrogen (secondary N) is 2. The zero-order chi connectivity index (χ0) is 23.5. The Morgan fingerprint density at radius 1 is 1.09 bits per heavy atom. The second kappa shape index (κ2) is 9.17. The van der Waals surface area contributed by atoms with E-state index in [9.17, 15) is 14.4 Å². The fourth-order valence-corrected chi connectivity index (χ4v) is 3.56. The Hall–Kier alpha value is -4.11. The van der Waals surface area contributed by atoms with E-state index in [0.717, 1.165) is 10.1 Å². The number of hydrogen-bond donors (Lipinski definition) is 2. The smallest absolute Gasteiger partial charge is 0.334 e. The van der Waals surface area contributed by atoms with Gasteiger partial charge in [0.15, 0.2) is 5.75 Å². The number of benzene rings is 2. The monoisotopic (exact) mass is 466 g/mol. The summed E-state index contributed by atoms with van der Waals surface area (Å²) < 4.78 is 11.2. The molecule has 0 aliphatic carbocycles. The molecule has 1 amide bonds.